The summed E-state index contributed by atoms with van der Waals surface area (Å²) in [6.45, 7) is 2.29. The standard InChI is InChI=1S/C15H17BrN2O3S2/c1-21-13-4-2-3-12(11-13)17-7-9-18(10-8-17)23(19,20)15-6-5-14(16)22-15/h2-6,11H,7-10H2,1H3. The summed E-state index contributed by atoms with van der Waals surface area (Å²) in [6, 6.07) is 11.3. The first-order valence-corrected chi connectivity index (χ1v) is 10.2. The molecule has 1 aliphatic rings. The van der Waals surface area contributed by atoms with Crippen LogP contribution in [0.15, 0.2) is 44.4 Å². The van der Waals surface area contributed by atoms with E-state index in [4.69, 9.17) is 4.74 Å². The van der Waals surface area contributed by atoms with Gasteiger partial charge in [0.1, 0.15) is 9.96 Å². The van der Waals surface area contributed by atoms with Gasteiger partial charge in [-0.3, -0.25) is 0 Å². The molecule has 1 aromatic heterocycles. The second-order valence-corrected chi connectivity index (χ2v) is 9.78. The second kappa shape index (κ2) is 6.80. The van der Waals surface area contributed by atoms with Crippen LogP contribution in [0.25, 0.3) is 0 Å². The maximum Gasteiger partial charge on any atom is 0.252 e. The first kappa shape index (κ1) is 16.8. The van der Waals surface area contributed by atoms with Crippen molar-refractivity contribution in [2.45, 2.75) is 4.21 Å². The van der Waals surface area contributed by atoms with Crippen molar-refractivity contribution in [2.75, 3.05) is 38.2 Å². The Morgan fingerprint density at radius 1 is 1.13 bits per heavy atom. The zero-order chi connectivity index (χ0) is 16.4. The predicted molar refractivity (Wildman–Crippen MR) is 96.0 cm³/mol. The first-order valence-electron chi connectivity index (χ1n) is 7.15. The van der Waals surface area contributed by atoms with Gasteiger partial charge in [-0.15, -0.1) is 11.3 Å². The number of benzene rings is 1. The average Bonchev–Trinajstić information content (AvgIpc) is 3.02. The van der Waals surface area contributed by atoms with Gasteiger partial charge >= 0.3 is 0 Å². The Bertz CT molecular complexity index is 784. The highest BCUT2D eigenvalue weighted by Gasteiger charge is 2.29. The Hall–Kier alpha value is -1.09. The molecular formula is C15H17BrN2O3S2. The average molecular weight is 417 g/mol. The van der Waals surface area contributed by atoms with Crippen LogP contribution in [-0.4, -0.2) is 46.0 Å². The molecule has 0 bridgehead atoms. The molecular weight excluding hydrogens is 400 g/mol. The minimum absolute atomic E-state index is 0.388. The van der Waals surface area contributed by atoms with Gasteiger partial charge in [-0.25, -0.2) is 8.42 Å². The van der Waals surface area contributed by atoms with Crippen molar-refractivity contribution in [2.24, 2.45) is 0 Å². The van der Waals surface area contributed by atoms with Crippen molar-refractivity contribution in [3.8, 4) is 5.75 Å². The van der Waals surface area contributed by atoms with E-state index in [-0.39, 0.29) is 0 Å². The molecule has 0 aliphatic carbocycles. The van der Waals surface area contributed by atoms with Gasteiger partial charge in [-0.1, -0.05) is 6.07 Å². The molecule has 3 rings (SSSR count). The molecule has 0 radical (unpaired) electrons. The predicted octanol–water partition coefficient (Wildman–Crippen LogP) is 3.03. The van der Waals surface area contributed by atoms with Gasteiger partial charge in [0.15, 0.2) is 0 Å². The van der Waals surface area contributed by atoms with Crippen LogP contribution in [0.3, 0.4) is 0 Å². The van der Waals surface area contributed by atoms with Gasteiger partial charge in [0.25, 0.3) is 10.0 Å². The molecule has 2 aromatic rings. The summed E-state index contributed by atoms with van der Waals surface area (Å²) in [5.74, 6) is 0.806. The third-order valence-corrected chi connectivity index (χ3v) is 7.79. The lowest BCUT2D eigenvalue weighted by atomic mass is 10.2. The van der Waals surface area contributed by atoms with Crippen LogP contribution in [-0.2, 0) is 10.0 Å². The third-order valence-electron chi connectivity index (χ3n) is 3.80. The summed E-state index contributed by atoms with van der Waals surface area (Å²) in [4.78, 5) is 2.18. The monoisotopic (exact) mass is 416 g/mol. The summed E-state index contributed by atoms with van der Waals surface area (Å²) >= 11 is 4.57. The molecule has 1 aromatic carbocycles. The summed E-state index contributed by atoms with van der Waals surface area (Å²) in [5, 5.41) is 0. The summed E-state index contributed by atoms with van der Waals surface area (Å²) in [6.07, 6.45) is 0. The molecule has 5 nitrogen and oxygen atoms in total. The van der Waals surface area contributed by atoms with Gasteiger partial charge in [0.2, 0.25) is 0 Å². The molecule has 1 fully saturated rings. The molecule has 0 atom stereocenters. The minimum atomic E-state index is -3.39. The number of halogens is 1. The van der Waals surface area contributed by atoms with Crippen molar-refractivity contribution in [1.82, 2.24) is 4.31 Å². The number of nitrogens with zero attached hydrogens (tertiary/aromatic N) is 2. The second-order valence-electron chi connectivity index (χ2n) is 5.15. The summed E-state index contributed by atoms with van der Waals surface area (Å²) in [7, 11) is -1.75. The van der Waals surface area contributed by atoms with Crippen LogP contribution in [0.4, 0.5) is 5.69 Å². The Morgan fingerprint density at radius 3 is 2.48 bits per heavy atom. The number of rotatable bonds is 4. The fraction of sp³-hybridized carbons (Fsp3) is 0.333. The number of piperazine rings is 1. The highest BCUT2D eigenvalue weighted by atomic mass is 79.9. The summed E-state index contributed by atoms with van der Waals surface area (Å²) < 4.78 is 33.3. The Balaban J connectivity index is 1.70. The molecule has 0 unspecified atom stereocenters. The van der Waals surface area contributed by atoms with Crippen LogP contribution in [0.1, 0.15) is 0 Å². The SMILES string of the molecule is COc1cccc(N2CCN(S(=O)(=O)c3ccc(Br)s3)CC2)c1. The lowest BCUT2D eigenvalue weighted by molar-refractivity contribution is 0.385. The minimum Gasteiger partial charge on any atom is -0.497 e. The van der Waals surface area contributed by atoms with Crippen LogP contribution in [0, 0.1) is 0 Å². The highest BCUT2D eigenvalue weighted by Crippen LogP contribution is 2.29. The number of hydrogen-bond acceptors (Lipinski definition) is 5. The number of hydrogen-bond donors (Lipinski definition) is 0. The zero-order valence-corrected chi connectivity index (χ0v) is 15.8. The van der Waals surface area contributed by atoms with Crippen LogP contribution in [0.2, 0.25) is 0 Å². The molecule has 124 valence electrons. The number of thiophene rings is 1. The molecule has 0 spiro atoms. The van der Waals surface area contributed by atoms with Gasteiger partial charge in [0, 0.05) is 37.9 Å². The molecule has 8 heteroatoms. The van der Waals surface area contributed by atoms with Crippen molar-refractivity contribution in [3.63, 3.8) is 0 Å². The van der Waals surface area contributed by atoms with Crippen molar-refractivity contribution in [1.29, 1.82) is 0 Å². The van der Waals surface area contributed by atoms with E-state index in [1.807, 2.05) is 24.3 Å². The molecule has 0 saturated carbocycles. The number of anilines is 1. The maximum absolute atomic E-state index is 12.6. The van der Waals surface area contributed by atoms with Gasteiger partial charge < -0.3 is 9.64 Å². The molecule has 1 saturated heterocycles. The van der Waals surface area contributed by atoms with E-state index in [2.05, 4.69) is 20.8 Å². The van der Waals surface area contributed by atoms with Gasteiger partial charge in [-0.2, -0.15) is 4.31 Å². The highest BCUT2D eigenvalue weighted by molar-refractivity contribution is 9.11. The summed E-state index contributed by atoms with van der Waals surface area (Å²) in [5.41, 5.74) is 1.06. The molecule has 1 aliphatic heterocycles. The fourth-order valence-electron chi connectivity index (χ4n) is 2.56. The van der Waals surface area contributed by atoms with E-state index >= 15 is 0 Å². The Kier molecular flexibility index (Phi) is 4.96. The lowest BCUT2D eigenvalue weighted by Crippen LogP contribution is -2.48. The molecule has 0 N–H and O–H groups in total. The largest absolute Gasteiger partial charge is 0.497 e. The van der Waals surface area contributed by atoms with Crippen LogP contribution in [0.5, 0.6) is 5.75 Å². The van der Waals surface area contributed by atoms with E-state index in [1.165, 1.54) is 11.3 Å². The fourth-order valence-corrected chi connectivity index (χ4v) is 6.14. The molecule has 23 heavy (non-hydrogen) atoms. The van der Waals surface area contributed by atoms with E-state index in [1.54, 1.807) is 23.5 Å². The van der Waals surface area contributed by atoms with Gasteiger partial charge in [-0.05, 0) is 40.2 Å². The van der Waals surface area contributed by atoms with Crippen molar-refractivity contribution >= 4 is 43.0 Å². The van der Waals surface area contributed by atoms with Crippen molar-refractivity contribution < 1.29 is 13.2 Å². The quantitative estimate of drug-likeness (QED) is 0.768. The topological polar surface area (TPSA) is 49.9 Å². The van der Waals surface area contributed by atoms with Crippen LogP contribution < -0.4 is 9.64 Å². The first-order chi connectivity index (χ1) is 11.0. The van der Waals surface area contributed by atoms with Crippen molar-refractivity contribution in [3.05, 3.63) is 40.2 Å². The Morgan fingerprint density at radius 2 is 1.87 bits per heavy atom. The van der Waals surface area contributed by atoms with Gasteiger partial charge in [0.05, 0.1) is 10.9 Å². The molecule has 0 amide bonds. The smallest absolute Gasteiger partial charge is 0.252 e. The third kappa shape index (κ3) is 3.55. The number of sulfonamides is 1. The zero-order valence-electron chi connectivity index (χ0n) is 12.6. The van der Waals surface area contributed by atoms with E-state index < -0.39 is 10.0 Å². The molecule has 2 heterocycles. The number of ether oxygens (including phenoxy) is 1. The lowest BCUT2D eigenvalue weighted by Gasteiger charge is -2.35. The normalized spacial score (nSPS) is 16.5. The number of methoxy groups -OCH3 is 1. The van der Waals surface area contributed by atoms with Crippen LogP contribution >= 0.6 is 27.3 Å². The van der Waals surface area contributed by atoms with E-state index in [0.29, 0.717) is 30.4 Å². The maximum atomic E-state index is 12.6. The van der Waals surface area contributed by atoms with E-state index in [0.717, 1.165) is 15.2 Å². The van der Waals surface area contributed by atoms with E-state index in [9.17, 15) is 8.42 Å². The Labute approximate surface area is 148 Å².